The van der Waals surface area contributed by atoms with Crippen LogP contribution in [-0.4, -0.2) is 40.1 Å². The van der Waals surface area contributed by atoms with E-state index in [0.717, 1.165) is 30.5 Å². The SMILES string of the molecule is Nc1ccnc(-c2ccc(C(=O)N3CCCC[C@@H]3CO)cc2)c1. The van der Waals surface area contributed by atoms with Gasteiger partial charge in [-0.3, -0.25) is 9.78 Å². The van der Waals surface area contributed by atoms with Gasteiger partial charge >= 0.3 is 0 Å². The summed E-state index contributed by atoms with van der Waals surface area (Å²) >= 11 is 0. The standard InChI is InChI=1S/C18H21N3O2/c19-15-8-9-20-17(11-15)13-4-6-14(7-5-13)18(23)21-10-2-1-3-16(21)12-22/h4-9,11,16,22H,1-3,10,12H2,(H2,19,20)/t16-/m1/s1. The molecule has 1 saturated heterocycles. The molecule has 1 aromatic carbocycles. The minimum absolute atomic E-state index is 0.0177. The van der Waals surface area contributed by atoms with Crippen LogP contribution in [0.2, 0.25) is 0 Å². The van der Waals surface area contributed by atoms with Gasteiger partial charge in [-0.25, -0.2) is 0 Å². The summed E-state index contributed by atoms with van der Waals surface area (Å²) < 4.78 is 0. The van der Waals surface area contributed by atoms with E-state index < -0.39 is 0 Å². The zero-order chi connectivity index (χ0) is 16.2. The molecule has 2 heterocycles. The highest BCUT2D eigenvalue weighted by molar-refractivity contribution is 5.95. The van der Waals surface area contributed by atoms with E-state index in [1.54, 1.807) is 17.2 Å². The number of anilines is 1. The summed E-state index contributed by atoms with van der Waals surface area (Å²) in [6.45, 7) is 0.736. The number of benzene rings is 1. The third kappa shape index (κ3) is 3.35. The number of hydrogen-bond donors (Lipinski definition) is 2. The summed E-state index contributed by atoms with van der Waals surface area (Å²) in [6, 6.07) is 10.9. The average molecular weight is 311 g/mol. The lowest BCUT2D eigenvalue weighted by Crippen LogP contribution is -2.45. The van der Waals surface area contributed by atoms with Crippen LogP contribution in [0.4, 0.5) is 5.69 Å². The fourth-order valence-corrected chi connectivity index (χ4v) is 3.01. The van der Waals surface area contributed by atoms with E-state index in [-0.39, 0.29) is 18.6 Å². The highest BCUT2D eigenvalue weighted by atomic mass is 16.3. The molecule has 0 spiro atoms. The van der Waals surface area contributed by atoms with E-state index in [0.29, 0.717) is 17.8 Å². The largest absolute Gasteiger partial charge is 0.399 e. The lowest BCUT2D eigenvalue weighted by atomic mass is 10.0. The highest BCUT2D eigenvalue weighted by Gasteiger charge is 2.26. The molecule has 3 N–H and O–H groups in total. The fraction of sp³-hybridized carbons (Fsp3) is 0.333. The zero-order valence-corrected chi connectivity index (χ0v) is 13.0. The normalized spacial score (nSPS) is 18.0. The molecule has 5 nitrogen and oxygen atoms in total. The molecule has 1 aromatic heterocycles. The number of aliphatic hydroxyl groups excluding tert-OH is 1. The Hall–Kier alpha value is -2.40. The quantitative estimate of drug-likeness (QED) is 0.911. The zero-order valence-electron chi connectivity index (χ0n) is 13.0. The monoisotopic (exact) mass is 311 g/mol. The van der Waals surface area contributed by atoms with Crippen LogP contribution < -0.4 is 5.73 Å². The summed E-state index contributed by atoms with van der Waals surface area (Å²) in [4.78, 5) is 18.7. The molecule has 1 aliphatic heterocycles. The van der Waals surface area contributed by atoms with Gasteiger partial charge in [-0.05, 0) is 43.5 Å². The minimum Gasteiger partial charge on any atom is -0.399 e. The van der Waals surface area contributed by atoms with Gasteiger partial charge in [-0.15, -0.1) is 0 Å². The van der Waals surface area contributed by atoms with Gasteiger partial charge in [0.05, 0.1) is 18.3 Å². The topological polar surface area (TPSA) is 79.5 Å². The number of likely N-dealkylation sites (tertiary alicyclic amines) is 1. The number of hydrogen-bond acceptors (Lipinski definition) is 4. The average Bonchev–Trinajstić information content (AvgIpc) is 2.61. The van der Waals surface area contributed by atoms with Crippen molar-refractivity contribution in [3.63, 3.8) is 0 Å². The van der Waals surface area contributed by atoms with E-state index in [2.05, 4.69) is 4.98 Å². The first-order valence-corrected chi connectivity index (χ1v) is 7.93. The molecular formula is C18H21N3O2. The second-order valence-electron chi connectivity index (χ2n) is 5.88. The summed E-state index contributed by atoms with van der Waals surface area (Å²) in [5, 5.41) is 9.46. The van der Waals surface area contributed by atoms with E-state index in [1.165, 1.54) is 0 Å². The number of piperidine rings is 1. The third-order valence-corrected chi connectivity index (χ3v) is 4.31. The first-order chi connectivity index (χ1) is 11.2. The Morgan fingerprint density at radius 1 is 1.26 bits per heavy atom. The van der Waals surface area contributed by atoms with Gasteiger partial charge in [-0.1, -0.05) is 12.1 Å². The first kappa shape index (κ1) is 15.5. The summed E-state index contributed by atoms with van der Waals surface area (Å²) in [5.74, 6) is -0.0177. The second kappa shape index (κ2) is 6.79. The van der Waals surface area contributed by atoms with Crippen LogP contribution in [0.15, 0.2) is 42.6 Å². The van der Waals surface area contributed by atoms with Crippen LogP contribution in [0, 0.1) is 0 Å². The van der Waals surface area contributed by atoms with Crippen molar-refractivity contribution in [2.24, 2.45) is 0 Å². The van der Waals surface area contributed by atoms with Gasteiger partial charge in [0.1, 0.15) is 0 Å². The number of carbonyl (C=O) groups is 1. The number of nitrogen functional groups attached to an aromatic ring is 1. The number of aromatic nitrogens is 1. The van der Waals surface area contributed by atoms with Gasteiger partial charge in [0, 0.05) is 29.6 Å². The lowest BCUT2D eigenvalue weighted by Gasteiger charge is -2.34. The van der Waals surface area contributed by atoms with E-state index in [1.807, 2.05) is 30.3 Å². The van der Waals surface area contributed by atoms with Crippen molar-refractivity contribution in [2.45, 2.75) is 25.3 Å². The van der Waals surface area contributed by atoms with Crippen LogP contribution in [0.5, 0.6) is 0 Å². The van der Waals surface area contributed by atoms with Gasteiger partial charge in [0.15, 0.2) is 0 Å². The number of carbonyl (C=O) groups excluding carboxylic acids is 1. The van der Waals surface area contributed by atoms with Crippen LogP contribution >= 0.6 is 0 Å². The Balaban J connectivity index is 1.80. The van der Waals surface area contributed by atoms with Crippen LogP contribution in [-0.2, 0) is 0 Å². The molecule has 1 atom stereocenters. The highest BCUT2D eigenvalue weighted by Crippen LogP contribution is 2.22. The molecule has 1 amide bonds. The van der Waals surface area contributed by atoms with Crippen molar-refractivity contribution < 1.29 is 9.90 Å². The molecule has 5 heteroatoms. The van der Waals surface area contributed by atoms with E-state index >= 15 is 0 Å². The number of rotatable bonds is 3. The maximum Gasteiger partial charge on any atom is 0.254 e. The van der Waals surface area contributed by atoms with Crippen molar-refractivity contribution in [1.29, 1.82) is 0 Å². The van der Waals surface area contributed by atoms with Crippen LogP contribution in [0.3, 0.4) is 0 Å². The summed E-state index contributed by atoms with van der Waals surface area (Å²) in [5.41, 5.74) is 8.79. The predicted molar refractivity (Wildman–Crippen MR) is 89.8 cm³/mol. The molecule has 23 heavy (non-hydrogen) atoms. The maximum absolute atomic E-state index is 12.7. The van der Waals surface area contributed by atoms with Gasteiger partial charge in [0.2, 0.25) is 0 Å². The Bertz CT molecular complexity index is 685. The molecule has 0 aliphatic carbocycles. The Kier molecular flexibility index (Phi) is 4.57. The Morgan fingerprint density at radius 3 is 2.74 bits per heavy atom. The van der Waals surface area contributed by atoms with Crippen molar-refractivity contribution in [3.05, 3.63) is 48.2 Å². The summed E-state index contributed by atoms with van der Waals surface area (Å²) in [6.07, 6.45) is 4.60. The van der Waals surface area contributed by atoms with Crippen LogP contribution in [0.1, 0.15) is 29.6 Å². The molecule has 0 bridgehead atoms. The number of amides is 1. The van der Waals surface area contributed by atoms with Crippen molar-refractivity contribution in [3.8, 4) is 11.3 Å². The maximum atomic E-state index is 12.7. The molecule has 0 saturated carbocycles. The summed E-state index contributed by atoms with van der Waals surface area (Å²) in [7, 11) is 0. The number of pyridine rings is 1. The molecule has 2 aromatic rings. The Labute approximate surface area is 135 Å². The molecule has 0 radical (unpaired) electrons. The van der Waals surface area contributed by atoms with Gasteiger partial charge < -0.3 is 15.7 Å². The van der Waals surface area contributed by atoms with E-state index in [4.69, 9.17) is 5.73 Å². The smallest absolute Gasteiger partial charge is 0.254 e. The number of nitrogens with zero attached hydrogens (tertiary/aromatic N) is 2. The fourth-order valence-electron chi connectivity index (χ4n) is 3.01. The molecule has 120 valence electrons. The third-order valence-electron chi connectivity index (χ3n) is 4.31. The van der Waals surface area contributed by atoms with Crippen molar-refractivity contribution in [1.82, 2.24) is 9.88 Å². The second-order valence-corrected chi connectivity index (χ2v) is 5.88. The van der Waals surface area contributed by atoms with Crippen molar-refractivity contribution >= 4 is 11.6 Å². The minimum atomic E-state index is -0.0634. The van der Waals surface area contributed by atoms with Gasteiger partial charge in [0.25, 0.3) is 5.91 Å². The molecule has 1 aliphatic rings. The predicted octanol–water partition coefficient (Wildman–Crippen LogP) is 2.32. The van der Waals surface area contributed by atoms with Crippen LogP contribution in [0.25, 0.3) is 11.3 Å². The van der Waals surface area contributed by atoms with Crippen molar-refractivity contribution in [2.75, 3.05) is 18.9 Å². The molecule has 3 rings (SSSR count). The number of nitrogens with two attached hydrogens (primary N) is 1. The molecule has 1 fully saturated rings. The molecule has 0 unspecified atom stereocenters. The Morgan fingerprint density at radius 2 is 2.04 bits per heavy atom. The first-order valence-electron chi connectivity index (χ1n) is 7.93. The number of aliphatic hydroxyl groups is 1. The van der Waals surface area contributed by atoms with E-state index in [9.17, 15) is 9.90 Å². The van der Waals surface area contributed by atoms with Gasteiger partial charge in [-0.2, -0.15) is 0 Å². The molecular weight excluding hydrogens is 290 g/mol. The lowest BCUT2D eigenvalue weighted by molar-refractivity contribution is 0.0503.